The summed E-state index contributed by atoms with van der Waals surface area (Å²) >= 11 is 0. The molecular weight excluding hydrogens is 326 g/mol. The van der Waals surface area contributed by atoms with Crippen LogP contribution < -0.4 is 4.90 Å². The fourth-order valence-electron chi connectivity index (χ4n) is 3.28. The molecule has 6 nitrogen and oxygen atoms in total. The monoisotopic (exact) mass is 343 g/mol. The highest BCUT2D eigenvalue weighted by Crippen LogP contribution is 2.29. The van der Waals surface area contributed by atoms with Gasteiger partial charge in [0.15, 0.2) is 5.82 Å². The smallest absolute Gasteiger partial charge is 0.231 e. The van der Waals surface area contributed by atoms with Crippen molar-refractivity contribution in [2.45, 2.75) is 12.8 Å². The molecule has 6 heteroatoms. The largest absolute Gasteiger partial charge is 0.295 e. The van der Waals surface area contributed by atoms with E-state index in [1.807, 2.05) is 30.3 Å². The minimum Gasteiger partial charge on any atom is -0.295 e. The van der Waals surface area contributed by atoms with Crippen molar-refractivity contribution >= 4 is 11.7 Å². The Balaban J connectivity index is 1.47. The van der Waals surface area contributed by atoms with E-state index < -0.39 is 0 Å². The third kappa shape index (κ3) is 3.07. The fraction of sp³-hybridized carbons (Fsp3) is 0.200. The SMILES string of the molecule is N#Cc1ccc(C[C@@H]2CCN(c3cc(-c4ccncc4)[nH]n3)C2=O)cc1. The Morgan fingerprint density at radius 3 is 2.69 bits per heavy atom. The molecule has 4 rings (SSSR count). The van der Waals surface area contributed by atoms with Crippen molar-refractivity contribution in [1.29, 1.82) is 5.26 Å². The van der Waals surface area contributed by atoms with Crippen molar-refractivity contribution in [1.82, 2.24) is 15.2 Å². The van der Waals surface area contributed by atoms with Crippen molar-refractivity contribution in [3.05, 3.63) is 66.0 Å². The van der Waals surface area contributed by atoms with Gasteiger partial charge in [-0.25, -0.2) is 0 Å². The van der Waals surface area contributed by atoms with Gasteiger partial charge in [-0.2, -0.15) is 10.4 Å². The zero-order chi connectivity index (χ0) is 17.9. The number of benzene rings is 1. The van der Waals surface area contributed by atoms with E-state index in [1.165, 1.54) is 0 Å². The summed E-state index contributed by atoms with van der Waals surface area (Å²) < 4.78 is 0. The number of nitrogens with one attached hydrogen (secondary N) is 1. The lowest BCUT2D eigenvalue weighted by molar-refractivity contribution is -0.120. The Kier molecular flexibility index (Phi) is 4.20. The van der Waals surface area contributed by atoms with Crippen LogP contribution in [0, 0.1) is 17.2 Å². The second-order valence-corrected chi connectivity index (χ2v) is 6.36. The first-order valence-corrected chi connectivity index (χ1v) is 8.51. The molecule has 0 saturated carbocycles. The molecule has 1 atom stereocenters. The number of aromatic nitrogens is 3. The fourth-order valence-corrected chi connectivity index (χ4v) is 3.28. The average molecular weight is 343 g/mol. The number of carbonyl (C=O) groups is 1. The molecule has 1 aromatic carbocycles. The summed E-state index contributed by atoms with van der Waals surface area (Å²) in [4.78, 5) is 18.5. The zero-order valence-electron chi connectivity index (χ0n) is 14.1. The van der Waals surface area contributed by atoms with Gasteiger partial charge in [-0.05, 0) is 42.7 Å². The third-order valence-corrected chi connectivity index (χ3v) is 4.71. The van der Waals surface area contributed by atoms with Gasteiger partial charge in [0.25, 0.3) is 0 Å². The van der Waals surface area contributed by atoms with Gasteiger partial charge >= 0.3 is 0 Å². The van der Waals surface area contributed by atoms with Crippen LogP contribution >= 0.6 is 0 Å². The Labute approximate surface area is 151 Å². The lowest BCUT2D eigenvalue weighted by Gasteiger charge is -2.13. The topological polar surface area (TPSA) is 85.7 Å². The molecule has 26 heavy (non-hydrogen) atoms. The number of hydrogen-bond donors (Lipinski definition) is 1. The second kappa shape index (κ2) is 6.81. The van der Waals surface area contributed by atoms with E-state index in [9.17, 15) is 4.79 Å². The van der Waals surface area contributed by atoms with Gasteiger partial charge in [0.05, 0.1) is 17.3 Å². The predicted molar refractivity (Wildman–Crippen MR) is 97.1 cm³/mol. The Morgan fingerprint density at radius 2 is 1.96 bits per heavy atom. The molecule has 2 aromatic heterocycles. The van der Waals surface area contributed by atoms with Gasteiger partial charge in [0, 0.05) is 36.5 Å². The molecule has 0 radical (unpaired) electrons. The molecule has 1 aliphatic rings. The molecular formula is C20H17N5O. The maximum atomic E-state index is 12.8. The van der Waals surface area contributed by atoms with Crippen LogP contribution in [0.15, 0.2) is 54.9 Å². The number of nitriles is 1. The number of hydrogen-bond acceptors (Lipinski definition) is 4. The number of aromatic amines is 1. The number of pyridine rings is 1. The Morgan fingerprint density at radius 1 is 1.19 bits per heavy atom. The standard InChI is InChI=1S/C20H17N5O/c21-13-15-3-1-14(2-4-15)11-17-7-10-25(20(17)26)19-12-18(23-24-19)16-5-8-22-9-6-16/h1-6,8-9,12,17H,7,10-11H2,(H,23,24)/t17-/m0/s1. The van der Waals surface area contributed by atoms with Gasteiger partial charge in [0.1, 0.15) is 0 Å². The van der Waals surface area contributed by atoms with Crippen LogP contribution in [0.4, 0.5) is 5.82 Å². The number of carbonyl (C=O) groups excluding carboxylic acids is 1. The normalized spacial score (nSPS) is 16.7. The van der Waals surface area contributed by atoms with Crippen LogP contribution in [-0.2, 0) is 11.2 Å². The quantitative estimate of drug-likeness (QED) is 0.789. The summed E-state index contributed by atoms with van der Waals surface area (Å²) in [6, 6.07) is 15.2. The molecule has 1 saturated heterocycles. The number of anilines is 1. The molecule has 1 amide bonds. The van der Waals surface area contributed by atoms with Crippen molar-refractivity contribution in [3.8, 4) is 17.3 Å². The molecule has 1 fully saturated rings. The molecule has 0 unspecified atom stereocenters. The number of rotatable bonds is 4. The number of amides is 1. The Bertz CT molecular complexity index is 956. The molecule has 3 aromatic rings. The van der Waals surface area contributed by atoms with Crippen LogP contribution in [0.1, 0.15) is 17.5 Å². The van der Waals surface area contributed by atoms with E-state index in [2.05, 4.69) is 21.3 Å². The van der Waals surface area contributed by atoms with Gasteiger partial charge < -0.3 is 0 Å². The molecule has 1 aliphatic heterocycles. The summed E-state index contributed by atoms with van der Waals surface area (Å²) in [5, 5.41) is 16.2. The average Bonchev–Trinajstić information content (AvgIpc) is 3.31. The van der Waals surface area contributed by atoms with E-state index in [0.29, 0.717) is 24.3 Å². The van der Waals surface area contributed by atoms with Gasteiger partial charge in [-0.3, -0.25) is 19.8 Å². The molecule has 0 bridgehead atoms. The van der Waals surface area contributed by atoms with Gasteiger partial charge in [0.2, 0.25) is 5.91 Å². The van der Waals surface area contributed by atoms with Crippen LogP contribution in [0.25, 0.3) is 11.3 Å². The molecule has 128 valence electrons. The van der Waals surface area contributed by atoms with Crippen LogP contribution in [0.5, 0.6) is 0 Å². The van der Waals surface area contributed by atoms with E-state index in [4.69, 9.17) is 5.26 Å². The van der Waals surface area contributed by atoms with Crippen LogP contribution in [0.2, 0.25) is 0 Å². The maximum absolute atomic E-state index is 12.8. The number of H-pyrrole nitrogens is 1. The first-order chi connectivity index (χ1) is 12.7. The lowest BCUT2D eigenvalue weighted by Crippen LogP contribution is -2.28. The summed E-state index contributed by atoms with van der Waals surface area (Å²) in [5.41, 5.74) is 3.56. The van der Waals surface area contributed by atoms with Gasteiger partial charge in [-0.1, -0.05) is 12.1 Å². The van der Waals surface area contributed by atoms with Gasteiger partial charge in [-0.15, -0.1) is 0 Å². The van der Waals surface area contributed by atoms with Crippen molar-refractivity contribution in [2.24, 2.45) is 5.92 Å². The highest BCUT2D eigenvalue weighted by molar-refractivity contribution is 5.96. The zero-order valence-corrected chi connectivity index (χ0v) is 14.1. The summed E-state index contributed by atoms with van der Waals surface area (Å²) in [5.74, 6) is 0.704. The van der Waals surface area contributed by atoms with Crippen LogP contribution in [-0.4, -0.2) is 27.6 Å². The molecule has 1 N–H and O–H groups in total. The summed E-state index contributed by atoms with van der Waals surface area (Å²) in [7, 11) is 0. The highest BCUT2D eigenvalue weighted by Gasteiger charge is 2.33. The minimum atomic E-state index is -0.0518. The molecule has 0 spiro atoms. The summed E-state index contributed by atoms with van der Waals surface area (Å²) in [6.07, 6.45) is 4.94. The van der Waals surface area contributed by atoms with E-state index in [1.54, 1.807) is 29.4 Å². The maximum Gasteiger partial charge on any atom is 0.231 e. The second-order valence-electron chi connectivity index (χ2n) is 6.36. The van der Waals surface area contributed by atoms with E-state index in [-0.39, 0.29) is 11.8 Å². The first kappa shape index (κ1) is 16.0. The first-order valence-electron chi connectivity index (χ1n) is 8.51. The highest BCUT2D eigenvalue weighted by atomic mass is 16.2. The van der Waals surface area contributed by atoms with Crippen molar-refractivity contribution in [3.63, 3.8) is 0 Å². The van der Waals surface area contributed by atoms with Crippen LogP contribution in [0.3, 0.4) is 0 Å². The molecule has 3 heterocycles. The third-order valence-electron chi connectivity index (χ3n) is 4.71. The van der Waals surface area contributed by atoms with E-state index in [0.717, 1.165) is 23.2 Å². The Hall–Kier alpha value is -3.46. The number of nitrogens with zero attached hydrogens (tertiary/aromatic N) is 4. The van der Waals surface area contributed by atoms with Crippen molar-refractivity contribution < 1.29 is 4.79 Å². The van der Waals surface area contributed by atoms with Crippen molar-refractivity contribution in [2.75, 3.05) is 11.4 Å². The lowest BCUT2D eigenvalue weighted by atomic mass is 9.97. The molecule has 0 aliphatic carbocycles. The minimum absolute atomic E-state index is 0.0518. The predicted octanol–water partition coefficient (Wildman–Crippen LogP) is 2.94. The summed E-state index contributed by atoms with van der Waals surface area (Å²) in [6.45, 7) is 0.667. The van der Waals surface area contributed by atoms with E-state index >= 15 is 0 Å².